The quantitative estimate of drug-likeness (QED) is 0.566. The van der Waals surface area contributed by atoms with E-state index in [1.165, 1.54) is 17.4 Å². The summed E-state index contributed by atoms with van der Waals surface area (Å²) in [5, 5.41) is 4.08. The first-order chi connectivity index (χ1) is 13.2. The molecule has 0 atom stereocenters. The Morgan fingerprint density at radius 1 is 0.621 bits per heavy atom. The number of alkyl halides is 9. The van der Waals surface area contributed by atoms with Gasteiger partial charge in [0.25, 0.3) is 0 Å². The highest BCUT2D eigenvalue weighted by Gasteiger charge is 2.83. The van der Waals surface area contributed by atoms with Crippen LogP contribution in [0.2, 0.25) is 0 Å². The van der Waals surface area contributed by atoms with Crippen molar-refractivity contribution in [2.24, 2.45) is 0 Å². The molecule has 0 saturated carbocycles. The number of nitrogens with one attached hydrogen (secondary N) is 2. The molecular weight excluding hydrogens is 419 g/mol. The van der Waals surface area contributed by atoms with Crippen molar-refractivity contribution in [1.82, 2.24) is 0 Å². The van der Waals surface area contributed by atoms with Crippen LogP contribution in [0.25, 0.3) is 0 Å². The van der Waals surface area contributed by atoms with Gasteiger partial charge in [0.2, 0.25) is 0 Å². The van der Waals surface area contributed by atoms with Crippen molar-refractivity contribution in [3.63, 3.8) is 0 Å². The molecule has 158 valence electrons. The van der Waals surface area contributed by atoms with Crippen molar-refractivity contribution in [1.29, 1.82) is 0 Å². The summed E-state index contributed by atoms with van der Waals surface area (Å²) >= 11 is 0. The zero-order valence-electron chi connectivity index (χ0n) is 14.0. The van der Waals surface area contributed by atoms with Gasteiger partial charge in [-0.2, -0.15) is 39.5 Å². The first-order valence-electron chi connectivity index (χ1n) is 7.64. The van der Waals surface area contributed by atoms with E-state index in [0.29, 0.717) is 11.4 Å². The monoisotopic (exact) mass is 430 g/mol. The van der Waals surface area contributed by atoms with E-state index in [-0.39, 0.29) is 0 Å². The molecule has 0 aliphatic heterocycles. The first kappa shape index (κ1) is 22.4. The Hall–Kier alpha value is -2.92. The van der Waals surface area contributed by atoms with E-state index in [0.717, 1.165) is 12.1 Å². The fourth-order valence-electron chi connectivity index (χ4n) is 2.05. The van der Waals surface area contributed by atoms with Crippen LogP contribution < -0.4 is 10.6 Å². The molecule has 0 aliphatic carbocycles. The average Bonchev–Trinajstić information content (AvgIpc) is 2.63. The molecule has 12 heteroatoms. The Balaban J connectivity index is 2.16. The largest absolute Gasteiger partial charge is 0.460 e. The lowest BCUT2D eigenvalue weighted by Gasteiger charge is -2.32. The molecule has 0 radical (unpaired) electrons. The van der Waals surface area contributed by atoms with E-state index in [1.807, 2.05) is 0 Å². The molecule has 0 aliphatic rings. The van der Waals surface area contributed by atoms with Gasteiger partial charge in [0.15, 0.2) is 0 Å². The van der Waals surface area contributed by atoms with Gasteiger partial charge in [0.1, 0.15) is 0 Å². The van der Waals surface area contributed by atoms with Crippen molar-refractivity contribution in [3.8, 4) is 0 Å². The number of hydrogen-bond donors (Lipinski definition) is 2. The van der Waals surface area contributed by atoms with E-state index in [2.05, 4.69) is 5.32 Å². The molecular formula is C17H11F9N2O. The maximum Gasteiger partial charge on any atom is 0.460 e. The Bertz CT molecular complexity index is 849. The number of benzene rings is 2. The van der Waals surface area contributed by atoms with Crippen LogP contribution in [-0.2, 0) is 4.79 Å². The summed E-state index contributed by atoms with van der Waals surface area (Å²) in [6.45, 7) is 0. The molecule has 2 aromatic carbocycles. The molecule has 0 bridgehead atoms. The minimum atomic E-state index is -7.13. The summed E-state index contributed by atoms with van der Waals surface area (Å²) in [5.41, 5.74) is 0.485. The maximum atomic E-state index is 13.5. The highest BCUT2D eigenvalue weighted by Crippen LogP contribution is 2.53. The van der Waals surface area contributed by atoms with E-state index >= 15 is 0 Å². The van der Waals surface area contributed by atoms with Crippen LogP contribution in [0, 0.1) is 0 Å². The van der Waals surface area contributed by atoms with Gasteiger partial charge in [-0.05, 0) is 36.4 Å². The molecule has 0 fully saturated rings. The highest BCUT2D eigenvalue weighted by molar-refractivity contribution is 5.97. The average molecular weight is 430 g/mol. The second-order valence-electron chi connectivity index (χ2n) is 5.74. The molecule has 1 amide bonds. The minimum absolute atomic E-state index is 0.384. The Morgan fingerprint density at radius 3 is 1.55 bits per heavy atom. The van der Waals surface area contributed by atoms with Gasteiger partial charge >= 0.3 is 29.9 Å². The lowest BCUT2D eigenvalue weighted by atomic mass is 10.0. The third-order valence-corrected chi connectivity index (χ3v) is 3.64. The molecule has 0 spiro atoms. The maximum absolute atomic E-state index is 13.5. The Labute approximate surface area is 157 Å². The number of halogens is 9. The van der Waals surface area contributed by atoms with E-state index < -0.39 is 35.5 Å². The normalized spacial score (nSPS) is 13.1. The molecule has 2 aromatic rings. The minimum Gasteiger partial charge on any atom is -0.356 e. The van der Waals surface area contributed by atoms with Gasteiger partial charge in [-0.15, -0.1) is 0 Å². The van der Waals surface area contributed by atoms with Crippen LogP contribution in [0.5, 0.6) is 0 Å². The SMILES string of the molecule is O=C(Nc1ccc(Nc2ccccc2)cc1)C(F)(F)C(F)(F)C(F)(F)C(F)(F)F. The van der Waals surface area contributed by atoms with Crippen molar-refractivity contribution in [2.75, 3.05) is 10.6 Å². The third kappa shape index (κ3) is 4.25. The summed E-state index contributed by atoms with van der Waals surface area (Å²) in [6, 6.07) is 12.9. The van der Waals surface area contributed by atoms with Gasteiger partial charge < -0.3 is 10.6 Å². The highest BCUT2D eigenvalue weighted by atomic mass is 19.4. The summed E-state index contributed by atoms with van der Waals surface area (Å²) < 4.78 is 115. The van der Waals surface area contributed by atoms with Crippen LogP contribution >= 0.6 is 0 Å². The molecule has 2 rings (SSSR count). The predicted octanol–water partition coefficient (Wildman–Crippen LogP) is 5.84. The number of carbonyl (C=O) groups excluding carboxylic acids is 1. The Kier molecular flexibility index (Phi) is 5.77. The molecule has 2 N–H and O–H groups in total. The van der Waals surface area contributed by atoms with Crippen molar-refractivity contribution >= 4 is 23.0 Å². The fourth-order valence-corrected chi connectivity index (χ4v) is 2.05. The van der Waals surface area contributed by atoms with Crippen LogP contribution in [0.1, 0.15) is 0 Å². The number of amides is 1. The lowest BCUT2D eigenvalue weighted by molar-refractivity contribution is -0.388. The molecule has 0 unspecified atom stereocenters. The van der Waals surface area contributed by atoms with Crippen molar-refractivity contribution in [3.05, 3.63) is 54.6 Å². The van der Waals surface area contributed by atoms with Gasteiger partial charge in [-0.1, -0.05) is 18.2 Å². The van der Waals surface area contributed by atoms with E-state index in [4.69, 9.17) is 0 Å². The topological polar surface area (TPSA) is 41.1 Å². The number of hydrogen-bond acceptors (Lipinski definition) is 2. The molecule has 29 heavy (non-hydrogen) atoms. The second kappa shape index (κ2) is 7.48. The smallest absolute Gasteiger partial charge is 0.356 e. The van der Waals surface area contributed by atoms with Crippen LogP contribution in [0.15, 0.2) is 54.6 Å². The molecule has 0 saturated heterocycles. The van der Waals surface area contributed by atoms with Gasteiger partial charge in [-0.25, -0.2) is 0 Å². The molecule has 0 aromatic heterocycles. The second-order valence-corrected chi connectivity index (χ2v) is 5.74. The third-order valence-electron chi connectivity index (χ3n) is 3.64. The summed E-state index contributed by atoms with van der Waals surface area (Å²) in [7, 11) is 0. The molecule has 0 heterocycles. The zero-order valence-corrected chi connectivity index (χ0v) is 14.0. The summed E-state index contributed by atoms with van der Waals surface area (Å²) in [5.74, 6) is -23.5. The standard InChI is InChI=1S/C17H11F9N2O/c18-14(19,15(20,21)16(22,23)17(24,25)26)13(29)28-12-8-6-11(7-9-12)27-10-4-2-1-3-5-10/h1-9,27H,(H,28,29). The van der Waals surface area contributed by atoms with E-state index in [9.17, 15) is 44.3 Å². The summed E-state index contributed by atoms with van der Waals surface area (Å²) in [6.07, 6.45) is -7.00. The van der Waals surface area contributed by atoms with Crippen molar-refractivity contribution in [2.45, 2.75) is 23.9 Å². The van der Waals surface area contributed by atoms with Crippen LogP contribution in [0.3, 0.4) is 0 Å². The van der Waals surface area contributed by atoms with Crippen LogP contribution in [-0.4, -0.2) is 29.9 Å². The summed E-state index contributed by atoms with van der Waals surface area (Å²) in [4.78, 5) is 11.4. The Morgan fingerprint density at radius 2 is 1.07 bits per heavy atom. The van der Waals surface area contributed by atoms with Gasteiger partial charge in [-0.3, -0.25) is 4.79 Å². The van der Waals surface area contributed by atoms with Gasteiger partial charge in [0.05, 0.1) is 0 Å². The lowest BCUT2D eigenvalue weighted by Crippen LogP contribution is -2.64. The van der Waals surface area contributed by atoms with E-state index in [1.54, 1.807) is 30.3 Å². The fraction of sp³-hybridized carbons (Fsp3) is 0.235. The number of carbonyl (C=O) groups is 1. The molecule has 3 nitrogen and oxygen atoms in total. The number of anilines is 3. The van der Waals surface area contributed by atoms with Crippen LogP contribution in [0.4, 0.5) is 56.6 Å². The predicted molar refractivity (Wildman–Crippen MR) is 85.7 cm³/mol. The first-order valence-corrected chi connectivity index (χ1v) is 7.64. The van der Waals surface area contributed by atoms with Gasteiger partial charge in [0, 0.05) is 17.1 Å². The number of para-hydroxylation sites is 1. The number of rotatable bonds is 6. The zero-order chi connectivity index (χ0) is 22.1. The van der Waals surface area contributed by atoms with Crippen molar-refractivity contribution < 1.29 is 44.3 Å².